The second-order valence-electron chi connectivity index (χ2n) is 2.93. The molecule has 4 heteroatoms. The van der Waals surface area contributed by atoms with Gasteiger partial charge in [0, 0.05) is 16.6 Å². The van der Waals surface area contributed by atoms with Gasteiger partial charge < -0.3 is 10.5 Å². The number of nitrogen functional groups attached to an aromatic ring is 1. The molecule has 0 fully saturated rings. The highest BCUT2D eigenvalue weighted by atomic mass is 79.9. The number of anilines is 1. The molecular formula is C10H12BrNO2. The van der Waals surface area contributed by atoms with E-state index in [9.17, 15) is 4.79 Å². The summed E-state index contributed by atoms with van der Waals surface area (Å²) < 4.78 is 5.52. The van der Waals surface area contributed by atoms with Crippen LogP contribution in [0.3, 0.4) is 0 Å². The van der Waals surface area contributed by atoms with Gasteiger partial charge >= 0.3 is 5.97 Å². The van der Waals surface area contributed by atoms with Crippen LogP contribution in [0.25, 0.3) is 0 Å². The van der Waals surface area contributed by atoms with Crippen molar-refractivity contribution in [2.75, 3.05) is 12.8 Å². The Kier molecular flexibility index (Phi) is 3.95. The Hall–Kier alpha value is -1.03. The van der Waals surface area contributed by atoms with E-state index >= 15 is 0 Å². The van der Waals surface area contributed by atoms with Crippen molar-refractivity contribution in [3.63, 3.8) is 0 Å². The van der Waals surface area contributed by atoms with Gasteiger partial charge in [-0.3, -0.25) is 4.79 Å². The Balaban J connectivity index is 2.66. The molecule has 0 saturated carbocycles. The number of ether oxygens (including phenoxy) is 1. The topological polar surface area (TPSA) is 52.3 Å². The van der Waals surface area contributed by atoms with Crippen molar-refractivity contribution in [3.8, 4) is 0 Å². The second-order valence-corrected chi connectivity index (χ2v) is 3.78. The van der Waals surface area contributed by atoms with Crippen LogP contribution < -0.4 is 5.73 Å². The van der Waals surface area contributed by atoms with Gasteiger partial charge in [-0.25, -0.2) is 0 Å². The van der Waals surface area contributed by atoms with Gasteiger partial charge in [-0.05, 0) is 30.2 Å². The standard InChI is InChI=1S/C10H12BrNO2/c1-14-10(13)5-2-7-6-8(12)3-4-9(7)11/h3-4,6H,2,5,12H2,1H3. The predicted molar refractivity (Wildman–Crippen MR) is 58.9 cm³/mol. The second kappa shape index (κ2) is 5.00. The van der Waals surface area contributed by atoms with Crippen LogP contribution in [-0.2, 0) is 16.0 Å². The van der Waals surface area contributed by atoms with Crippen LogP contribution in [0.1, 0.15) is 12.0 Å². The van der Waals surface area contributed by atoms with E-state index in [2.05, 4.69) is 20.7 Å². The average molecular weight is 258 g/mol. The van der Waals surface area contributed by atoms with E-state index < -0.39 is 0 Å². The third kappa shape index (κ3) is 3.03. The summed E-state index contributed by atoms with van der Waals surface area (Å²) in [4.78, 5) is 10.9. The van der Waals surface area contributed by atoms with Crippen molar-refractivity contribution in [1.29, 1.82) is 0 Å². The molecule has 0 saturated heterocycles. The van der Waals surface area contributed by atoms with Gasteiger partial charge in [0.1, 0.15) is 0 Å². The summed E-state index contributed by atoms with van der Waals surface area (Å²) in [6.07, 6.45) is 1.01. The molecule has 1 aromatic carbocycles. The minimum Gasteiger partial charge on any atom is -0.469 e. The van der Waals surface area contributed by atoms with Gasteiger partial charge in [0.15, 0.2) is 0 Å². The van der Waals surface area contributed by atoms with Crippen molar-refractivity contribution in [1.82, 2.24) is 0 Å². The first-order valence-electron chi connectivity index (χ1n) is 4.24. The molecule has 0 atom stereocenters. The maximum atomic E-state index is 10.9. The number of carbonyl (C=O) groups excluding carboxylic acids is 1. The third-order valence-electron chi connectivity index (χ3n) is 1.90. The predicted octanol–water partition coefficient (Wildman–Crippen LogP) is 2.14. The molecule has 76 valence electrons. The van der Waals surface area contributed by atoms with E-state index in [0.717, 1.165) is 10.0 Å². The number of benzene rings is 1. The zero-order valence-corrected chi connectivity index (χ0v) is 9.50. The molecule has 3 nitrogen and oxygen atoms in total. The number of methoxy groups -OCH3 is 1. The van der Waals surface area contributed by atoms with Crippen molar-refractivity contribution in [2.24, 2.45) is 0 Å². The van der Waals surface area contributed by atoms with Gasteiger partial charge in [0.25, 0.3) is 0 Å². The number of hydrogen-bond acceptors (Lipinski definition) is 3. The van der Waals surface area contributed by atoms with Crippen LogP contribution in [0.5, 0.6) is 0 Å². The third-order valence-corrected chi connectivity index (χ3v) is 2.67. The Labute approximate surface area is 91.4 Å². The van der Waals surface area contributed by atoms with Crippen molar-refractivity contribution >= 4 is 27.6 Å². The Bertz CT molecular complexity index is 339. The number of aryl methyl sites for hydroxylation is 1. The monoisotopic (exact) mass is 257 g/mol. The minimum atomic E-state index is -0.209. The number of rotatable bonds is 3. The molecule has 0 heterocycles. The molecule has 0 unspecified atom stereocenters. The van der Waals surface area contributed by atoms with Gasteiger partial charge in [-0.15, -0.1) is 0 Å². The number of hydrogen-bond donors (Lipinski definition) is 1. The van der Waals surface area contributed by atoms with E-state index in [1.165, 1.54) is 7.11 Å². The van der Waals surface area contributed by atoms with Crippen LogP contribution in [-0.4, -0.2) is 13.1 Å². The summed E-state index contributed by atoms with van der Waals surface area (Å²) in [7, 11) is 1.39. The molecule has 0 bridgehead atoms. The molecule has 0 amide bonds. The summed E-state index contributed by atoms with van der Waals surface area (Å²) in [5, 5.41) is 0. The smallest absolute Gasteiger partial charge is 0.305 e. The number of nitrogens with two attached hydrogens (primary N) is 1. The lowest BCUT2D eigenvalue weighted by Crippen LogP contribution is -2.02. The lowest BCUT2D eigenvalue weighted by Gasteiger charge is -2.04. The fraction of sp³-hybridized carbons (Fsp3) is 0.300. The maximum absolute atomic E-state index is 10.9. The molecule has 0 aliphatic carbocycles. The Morgan fingerprint density at radius 2 is 2.29 bits per heavy atom. The molecule has 0 aliphatic heterocycles. The van der Waals surface area contributed by atoms with E-state index in [0.29, 0.717) is 18.5 Å². The SMILES string of the molecule is COC(=O)CCc1cc(N)ccc1Br. The lowest BCUT2D eigenvalue weighted by molar-refractivity contribution is -0.140. The summed E-state index contributed by atoms with van der Waals surface area (Å²) >= 11 is 3.39. The van der Waals surface area contributed by atoms with Crippen LogP contribution in [0, 0.1) is 0 Å². The Morgan fingerprint density at radius 1 is 1.57 bits per heavy atom. The van der Waals surface area contributed by atoms with Gasteiger partial charge in [0.05, 0.1) is 7.11 Å². The van der Waals surface area contributed by atoms with Gasteiger partial charge in [-0.1, -0.05) is 15.9 Å². The molecular weight excluding hydrogens is 246 g/mol. The first-order chi connectivity index (χ1) is 6.63. The first-order valence-corrected chi connectivity index (χ1v) is 5.03. The normalized spacial score (nSPS) is 9.86. The number of esters is 1. The van der Waals surface area contributed by atoms with Crippen LogP contribution in [0.4, 0.5) is 5.69 Å². The summed E-state index contributed by atoms with van der Waals surface area (Å²) in [6, 6.07) is 5.54. The van der Waals surface area contributed by atoms with E-state index in [1.54, 1.807) is 0 Å². The zero-order chi connectivity index (χ0) is 10.6. The zero-order valence-electron chi connectivity index (χ0n) is 7.92. The van der Waals surface area contributed by atoms with Crippen molar-refractivity contribution in [2.45, 2.75) is 12.8 Å². The van der Waals surface area contributed by atoms with Gasteiger partial charge in [-0.2, -0.15) is 0 Å². The molecule has 1 aromatic rings. The highest BCUT2D eigenvalue weighted by Crippen LogP contribution is 2.20. The van der Waals surface area contributed by atoms with E-state index in [-0.39, 0.29) is 5.97 Å². The average Bonchev–Trinajstić information content (AvgIpc) is 2.19. The quantitative estimate of drug-likeness (QED) is 0.667. The molecule has 0 radical (unpaired) electrons. The maximum Gasteiger partial charge on any atom is 0.305 e. The summed E-state index contributed by atoms with van der Waals surface area (Å²) in [5.41, 5.74) is 7.35. The molecule has 0 aromatic heterocycles. The van der Waals surface area contributed by atoms with Crippen LogP contribution in [0.2, 0.25) is 0 Å². The molecule has 14 heavy (non-hydrogen) atoms. The number of carbonyl (C=O) groups is 1. The fourth-order valence-corrected chi connectivity index (χ4v) is 1.57. The molecule has 0 aliphatic rings. The minimum absolute atomic E-state index is 0.209. The highest BCUT2D eigenvalue weighted by molar-refractivity contribution is 9.10. The Morgan fingerprint density at radius 3 is 2.93 bits per heavy atom. The van der Waals surface area contributed by atoms with Crippen LogP contribution in [0.15, 0.2) is 22.7 Å². The van der Waals surface area contributed by atoms with Gasteiger partial charge in [0.2, 0.25) is 0 Å². The fourth-order valence-electron chi connectivity index (χ4n) is 1.13. The number of halogens is 1. The molecule has 1 rings (SSSR count). The lowest BCUT2D eigenvalue weighted by atomic mass is 10.1. The largest absolute Gasteiger partial charge is 0.469 e. The summed E-state index contributed by atoms with van der Waals surface area (Å²) in [6.45, 7) is 0. The molecule has 0 spiro atoms. The first kappa shape index (κ1) is 11.0. The van der Waals surface area contributed by atoms with E-state index in [4.69, 9.17) is 5.73 Å². The van der Waals surface area contributed by atoms with Crippen molar-refractivity contribution in [3.05, 3.63) is 28.2 Å². The summed E-state index contributed by atoms with van der Waals surface area (Å²) in [5.74, 6) is -0.209. The van der Waals surface area contributed by atoms with Crippen molar-refractivity contribution < 1.29 is 9.53 Å². The van der Waals surface area contributed by atoms with E-state index in [1.807, 2.05) is 18.2 Å². The molecule has 2 N–H and O–H groups in total. The van der Waals surface area contributed by atoms with Crippen LogP contribution >= 0.6 is 15.9 Å². The highest BCUT2D eigenvalue weighted by Gasteiger charge is 2.04.